The maximum Gasteiger partial charge on any atom is 0.416 e. The third kappa shape index (κ3) is 4.42. The fraction of sp³-hybridized carbons (Fsp3) is 0.333. The van der Waals surface area contributed by atoms with Crippen molar-refractivity contribution < 1.29 is 22.7 Å². The maximum absolute atomic E-state index is 12.9. The first-order valence-corrected chi connectivity index (χ1v) is 4.97. The Morgan fingerprint density at radius 2 is 1.76 bits per heavy atom. The molecule has 1 rings (SSSR count). The van der Waals surface area contributed by atoms with E-state index in [1.54, 1.807) is 0 Å². The molecule has 1 aromatic carbocycles. The highest BCUT2D eigenvalue weighted by Gasteiger charge is 2.42. The number of halogens is 6. The fourth-order valence-corrected chi connectivity index (χ4v) is 1.64. The number of aliphatic hydroxyl groups is 1. The molecule has 0 aliphatic rings. The summed E-state index contributed by atoms with van der Waals surface area (Å²) in [6.45, 7) is 0. The Morgan fingerprint density at radius 3 is 2.18 bits per heavy atom. The number of benzene rings is 1. The molecule has 1 aromatic rings. The van der Waals surface area contributed by atoms with E-state index in [4.69, 9.17) is 10.8 Å². The van der Waals surface area contributed by atoms with Gasteiger partial charge in [-0.25, -0.2) is 4.39 Å². The summed E-state index contributed by atoms with van der Waals surface area (Å²) < 4.78 is 49.6. The quantitative estimate of drug-likeness (QED) is 0.815. The minimum absolute atomic E-state index is 0. The molecule has 98 valence electrons. The van der Waals surface area contributed by atoms with Crippen LogP contribution in [0, 0.1) is 5.82 Å². The number of hydrogen-bond donors (Lipinski definition) is 2. The van der Waals surface area contributed by atoms with Gasteiger partial charge in [-0.05, 0) is 23.8 Å². The molecule has 0 heterocycles. The molecule has 0 bridgehead atoms. The highest BCUT2D eigenvalue weighted by molar-refractivity contribution is 9.10. The summed E-state index contributed by atoms with van der Waals surface area (Å²) in [5.74, 6) is -0.728. The van der Waals surface area contributed by atoms with E-state index < -0.39 is 24.1 Å². The molecule has 0 radical (unpaired) electrons. The lowest BCUT2D eigenvalue weighted by Crippen LogP contribution is -2.38. The van der Waals surface area contributed by atoms with Gasteiger partial charge in [0.25, 0.3) is 0 Å². The highest BCUT2D eigenvalue weighted by atomic mass is 79.9. The number of alkyl halides is 3. The van der Waals surface area contributed by atoms with Crippen LogP contribution in [-0.2, 0) is 0 Å². The average molecular weight is 339 g/mol. The van der Waals surface area contributed by atoms with Crippen molar-refractivity contribution in [1.82, 2.24) is 0 Å². The van der Waals surface area contributed by atoms with Crippen molar-refractivity contribution in [2.75, 3.05) is 0 Å². The second-order valence-corrected chi connectivity index (χ2v) is 4.13. The first-order valence-electron chi connectivity index (χ1n) is 4.18. The molecule has 2 atom stereocenters. The van der Waals surface area contributed by atoms with Crippen molar-refractivity contribution >= 4 is 28.3 Å². The van der Waals surface area contributed by atoms with E-state index >= 15 is 0 Å². The van der Waals surface area contributed by atoms with Crippen LogP contribution in [0.5, 0.6) is 0 Å². The third-order valence-corrected chi connectivity index (χ3v) is 2.40. The van der Waals surface area contributed by atoms with E-state index in [0.717, 1.165) is 12.1 Å². The Hall–Kier alpha value is -0.370. The smallest absolute Gasteiger partial charge is 0.382 e. The van der Waals surface area contributed by atoms with Crippen molar-refractivity contribution in [1.29, 1.82) is 0 Å². The van der Waals surface area contributed by atoms with Crippen molar-refractivity contribution in [2.24, 2.45) is 5.73 Å². The summed E-state index contributed by atoms with van der Waals surface area (Å²) >= 11 is 2.92. The summed E-state index contributed by atoms with van der Waals surface area (Å²) in [5, 5.41) is 8.90. The summed E-state index contributed by atoms with van der Waals surface area (Å²) in [7, 11) is 0. The standard InChI is InChI=1S/C9H8BrF4NO.ClH/c10-5-1-4(2-6(11)3-5)7(15)8(16)9(12,13)14;/h1-3,7-8,16H,15H2;1H/t7-,8-;/m1./s1. The van der Waals surface area contributed by atoms with Crippen LogP contribution in [0.4, 0.5) is 17.6 Å². The molecule has 3 N–H and O–H groups in total. The van der Waals surface area contributed by atoms with Gasteiger partial charge in [0.2, 0.25) is 0 Å². The van der Waals surface area contributed by atoms with Gasteiger partial charge in [0.15, 0.2) is 6.10 Å². The average Bonchev–Trinajstić information content (AvgIpc) is 2.12. The molecule has 0 unspecified atom stereocenters. The van der Waals surface area contributed by atoms with Gasteiger partial charge in [-0.2, -0.15) is 13.2 Å². The van der Waals surface area contributed by atoms with Crippen LogP contribution in [0.15, 0.2) is 22.7 Å². The van der Waals surface area contributed by atoms with Gasteiger partial charge in [0.05, 0.1) is 6.04 Å². The number of rotatable bonds is 2. The van der Waals surface area contributed by atoms with Gasteiger partial charge >= 0.3 is 6.18 Å². The lowest BCUT2D eigenvalue weighted by Gasteiger charge is -2.21. The van der Waals surface area contributed by atoms with Gasteiger partial charge in [-0.3, -0.25) is 0 Å². The van der Waals surface area contributed by atoms with E-state index in [9.17, 15) is 17.6 Å². The summed E-state index contributed by atoms with van der Waals surface area (Å²) in [5.41, 5.74) is 5.08. The Bertz CT molecular complexity index is 367. The molecule has 0 aromatic heterocycles. The number of nitrogens with two attached hydrogens (primary N) is 1. The first-order chi connectivity index (χ1) is 7.21. The summed E-state index contributed by atoms with van der Waals surface area (Å²) in [4.78, 5) is 0. The molecular formula is C9H9BrClF4NO. The number of aliphatic hydroxyl groups excluding tert-OH is 1. The van der Waals surface area contributed by atoms with Crippen LogP contribution in [0.1, 0.15) is 11.6 Å². The topological polar surface area (TPSA) is 46.2 Å². The molecule has 0 fully saturated rings. The second kappa shape index (κ2) is 5.99. The van der Waals surface area contributed by atoms with Gasteiger partial charge in [-0.15, -0.1) is 12.4 Å². The van der Waals surface area contributed by atoms with E-state index in [2.05, 4.69) is 15.9 Å². The zero-order valence-corrected chi connectivity index (χ0v) is 10.6. The minimum Gasteiger partial charge on any atom is -0.382 e. The summed E-state index contributed by atoms with van der Waals surface area (Å²) in [6.07, 6.45) is -7.56. The number of hydrogen-bond acceptors (Lipinski definition) is 2. The Labute approximate surface area is 109 Å². The van der Waals surface area contributed by atoms with Crippen molar-refractivity contribution in [3.63, 3.8) is 0 Å². The molecule has 0 amide bonds. The van der Waals surface area contributed by atoms with Crippen LogP contribution in [0.25, 0.3) is 0 Å². The van der Waals surface area contributed by atoms with E-state index in [1.165, 1.54) is 6.07 Å². The largest absolute Gasteiger partial charge is 0.416 e. The van der Waals surface area contributed by atoms with Crippen LogP contribution in [-0.4, -0.2) is 17.4 Å². The molecular weight excluding hydrogens is 329 g/mol. The zero-order chi connectivity index (χ0) is 12.5. The minimum atomic E-state index is -4.84. The normalized spacial score (nSPS) is 15.0. The lowest BCUT2D eigenvalue weighted by molar-refractivity contribution is -0.210. The third-order valence-electron chi connectivity index (χ3n) is 1.95. The van der Waals surface area contributed by atoms with E-state index in [-0.39, 0.29) is 22.4 Å². The molecule has 0 spiro atoms. The molecule has 8 heteroatoms. The van der Waals surface area contributed by atoms with Crippen molar-refractivity contribution in [2.45, 2.75) is 18.3 Å². The van der Waals surface area contributed by atoms with Gasteiger partial charge in [0.1, 0.15) is 5.82 Å². The van der Waals surface area contributed by atoms with E-state index in [1.807, 2.05) is 0 Å². The van der Waals surface area contributed by atoms with E-state index in [0.29, 0.717) is 0 Å². The van der Waals surface area contributed by atoms with Crippen molar-refractivity contribution in [3.8, 4) is 0 Å². The lowest BCUT2D eigenvalue weighted by atomic mass is 10.0. The SMILES string of the molecule is Cl.N[C@H](c1cc(F)cc(Br)c1)[C@@H](O)C(F)(F)F. The molecule has 17 heavy (non-hydrogen) atoms. The van der Waals surface area contributed by atoms with Crippen LogP contribution in [0.2, 0.25) is 0 Å². The molecule has 2 nitrogen and oxygen atoms in total. The molecule has 0 saturated carbocycles. The molecule has 0 aliphatic heterocycles. The van der Waals surface area contributed by atoms with Gasteiger partial charge in [-0.1, -0.05) is 15.9 Å². The van der Waals surface area contributed by atoms with Crippen LogP contribution >= 0.6 is 28.3 Å². The Balaban J connectivity index is 0.00000256. The maximum atomic E-state index is 12.9. The van der Waals surface area contributed by atoms with Crippen LogP contribution in [0.3, 0.4) is 0 Å². The van der Waals surface area contributed by atoms with Crippen LogP contribution < -0.4 is 5.73 Å². The fourth-order valence-electron chi connectivity index (χ4n) is 1.15. The van der Waals surface area contributed by atoms with Gasteiger partial charge in [0, 0.05) is 4.47 Å². The molecule has 0 aliphatic carbocycles. The second-order valence-electron chi connectivity index (χ2n) is 3.22. The first kappa shape index (κ1) is 16.6. The highest BCUT2D eigenvalue weighted by Crippen LogP contribution is 2.30. The summed E-state index contributed by atoms with van der Waals surface area (Å²) in [6, 6.07) is 1.44. The Kier molecular flexibility index (Phi) is 5.86. The monoisotopic (exact) mass is 337 g/mol. The zero-order valence-electron chi connectivity index (χ0n) is 8.21. The Morgan fingerprint density at radius 1 is 1.24 bits per heavy atom. The predicted octanol–water partition coefficient (Wildman–Crippen LogP) is 2.93. The predicted molar refractivity (Wildman–Crippen MR) is 60.3 cm³/mol. The van der Waals surface area contributed by atoms with Gasteiger partial charge < -0.3 is 10.8 Å². The van der Waals surface area contributed by atoms with Crippen molar-refractivity contribution in [3.05, 3.63) is 34.1 Å². The molecule has 0 saturated heterocycles.